The molecule has 1 atom stereocenters. The van der Waals surface area contributed by atoms with Crippen molar-refractivity contribution in [3.8, 4) is 0 Å². The van der Waals surface area contributed by atoms with Crippen LogP contribution in [0.15, 0.2) is 17.5 Å². The van der Waals surface area contributed by atoms with Gasteiger partial charge < -0.3 is 10.2 Å². The van der Waals surface area contributed by atoms with Crippen LogP contribution in [-0.2, 0) is 19.4 Å². The van der Waals surface area contributed by atoms with Gasteiger partial charge in [-0.3, -0.25) is 9.59 Å². The Morgan fingerprint density at radius 2 is 2.29 bits per heavy atom. The number of amides is 2. The summed E-state index contributed by atoms with van der Waals surface area (Å²) in [6, 6.07) is 2.86. The lowest BCUT2D eigenvalue weighted by Crippen LogP contribution is -2.53. The van der Waals surface area contributed by atoms with E-state index in [0.29, 0.717) is 19.5 Å². The lowest BCUT2D eigenvalue weighted by Gasteiger charge is -2.34. The number of carbonyl (C=O) groups excluding carboxylic acids is 2. The van der Waals surface area contributed by atoms with E-state index < -0.39 is 27.5 Å². The van der Waals surface area contributed by atoms with Crippen LogP contribution in [0.25, 0.3) is 0 Å². The molecule has 1 aliphatic rings. The molecule has 1 fully saturated rings. The summed E-state index contributed by atoms with van der Waals surface area (Å²) in [7, 11) is -3.41. The van der Waals surface area contributed by atoms with Gasteiger partial charge in [0, 0.05) is 18.0 Å². The van der Waals surface area contributed by atoms with Crippen LogP contribution < -0.4 is 5.32 Å². The van der Waals surface area contributed by atoms with Crippen molar-refractivity contribution in [2.24, 2.45) is 0 Å². The van der Waals surface area contributed by atoms with Gasteiger partial charge in [-0.1, -0.05) is 13.0 Å². The molecule has 2 rings (SSSR count). The maximum absolute atomic E-state index is 12.3. The van der Waals surface area contributed by atoms with Gasteiger partial charge in [-0.2, -0.15) is 0 Å². The van der Waals surface area contributed by atoms with Gasteiger partial charge in [0.2, 0.25) is 11.8 Å². The van der Waals surface area contributed by atoms with Crippen molar-refractivity contribution >= 4 is 33.0 Å². The van der Waals surface area contributed by atoms with Crippen molar-refractivity contribution in [3.63, 3.8) is 0 Å². The SMILES string of the molecule is CCCS(=O)(=O)CC(=O)N1CCNC(=O)C1c1cccs1. The van der Waals surface area contributed by atoms with Crippen LogP contribution in [0.4, 0.5) is 0 Å². The first-order valence-electron chi connectivity index (χ1n) is 6.75. The molecule has 0 spiro atoms. The van der Waals surface area contributed by atoms with E-state index in [0.717, 1.165) is 4.88 Å². The Hall–Kier alpha value is -1.41. The molecule has 1 saturated heterocycles. The molecule has 1 aliphatic heterocycles. The highest BCUT2D eigenvalue weighted by Crippen LogP contribution is 2.27. The topological polar surface area (TPSA) is 83.6 Å². The normalized spacial score (nSPS) is 19.4. The molecule has 116 valence electrons. The first-order valence-corrected chi connectivity index (χ1v) is 9.45. The fraction of sp³-hybridized carbons (Fsp3) is 0.538. The summed E-state index contributed by atoms with van der Waals surface area (Å²) in [5.41, 5.74) is 0. The molecule has 2 heterocycles. The number of piperazine rings is 1. The van der Waals surface area contributed by atoms with Crippen LogP contribution in [0, 0.1) is 0 Å². The summed E-state index contributed by atoms with van der Waals surface area (Å²) >= 11 is 1.38. The molecule has 6 nitrogen and oxygen atoms in total. The lowest BCUT2D eigenvalue weighted by molar-refractivity contribution is -0.141. The molecule has 0 saturated carbocycles. The van der Waals surface area contributed by atoms with Crippen molar-refractivity contribution in [2.75, 3.05) is 24.6 Å². The van der Waals surface area contributed by atoms with Crippen LogP contribution >= 0.6 is 11.3 Å². The molecular formula is C13H18N2O4S2. The largest absolute Gasteiger partial charge is 0.352 e. The third-order valence-corrected chi connectivity index (χ3v) is 5.85. The number of hydrogen-bond donors (Lipinski definition) is 1. The molecule has 1 N–H and O–H groups in total. The van der Waals surface area contributed by atoms with E-state index in [1.54, 1.807) is 19.1 Å². The molecule has 0 aromatic carbocycles. The number of carbonyl (C=O) groups is 2. The van der Waals surface area contributed by atoms with Crippen molar-refractivity contribution in [2.45, 2.75) is 19.4 Å². The van der Waals surface area contributed by atoms with E-state index in [9.17, 15) is 18.0 Å². The summed E-state index contributed by atoms with van der Waals surface area (Å²) < 4.78 is 23.6. The van der Waals surface area contributed by atoms with Gasteiger partial charge in [0.25, 0.3) is 0 Å². The number of hydrogen-bond acceptors (Lipinski definition) is 5. The number of nitrogens with zero attached hydrogens (tertiary/aromatic N) is 1. The van der Waals surface area contributed by atoms with Gasteiger partial charge >= 0.3 is 0 Å². The van der Waals surface area contributed by atoms with Crippen molar-refractivity contribution in [1.82, 2.24) is 10.2 Å². The number of sulfone groups is 1. The molecule has 1 aromatic rings. The van der Waals surface area contributed by atoms with Gasteiger partial charge in [-0.25, -0.2) is 8.42 Å². The Morgan fingerprint density at radius 1 is 1.52 bits per heavy atom. The smallest absolute Gasteiger partial charge is 0.248 e. The Labute approximate surface area is 128 Å². The zero-order chi connectivity index (χ0) is 15.5. The molecule has 0 radical (unpaired) electrons. The van der Waals surface area contributed by atoms with E-state index in [1.807, 2.05) is 5.38 Å². The minimum absolute atomic E-state index is 0.0115. The average molecular weight is 330 g/mol. The highest BCUT2D eigenvalue weighted by molar-refractivity contribution is 7.92. The molecule has 1 aromatic heterocycles. The second kappa shape index (κ2) is 6.57. The second-order valence-corrected chi connectivity index (χ2v) is 8.05. The van der Waals surface area contributed by atoms with Gasteiger partial charge in [0.1, 0.15) is 11.8 Å². The summed E-state index contributed by atoms with van der Waals surface area (Å²) in [5.74, 6) is -1.31. The molecule has 21 heavy (non-hydrogen) atoms. The Bertz CT molecular complexity index is 610. The van der Waals surface area contributed by atoms with Gasteiger partial charge in [-0.15, -0.1) is 11.3 Å². The number of thiophene rings is 1. The summed E-state index contributed by atoms with van der Waals surface area (Å²) in [6.45, 7) is 2.43. The third-order valence-electron chi connectivity index (χ3n) is 3.20. The minimum atomic E-state index is -3.41. The predicted octanol–water partition coefficient (Wildman–Crippen LogP) is 0.572. The highest BCUT2D eigenvalue weighted by Gasteiger charge is 2.36. The zero-order valence-electron chi connectivity index (χ0n) is 11.7. The first-order chi connectivity index (χ1) is 9.94. The summed E-state index contributed by atoms with van der Waals surface area (Å²) in [6.07, 6.45) is 0.477. The third kappa shape index (κ3) is 3.82. The van der Waals surface area contributed by atoms with Crippen LogP contribution in [0.1, 0.15) is 24.3 Å². The maximum Gasteiger partial charge on any atom is 0.248 e. The fourth-order valence-electron chi connectivity index (χ4n) is 2.32. The first kappa shape index (κ1) is 16.0. The van der Waals surface area contributed by atoms with Crippen LogP contribution in [-0.4, -0.2) is 49.7 Å². The Morgan fingerprint density at radius 3 is 2.90 bits per heavy atom. The van der Waals surface area contributed by atoms with Crippen LogP contribution in [0.3, 0.4) is 0 Å². The van der Waals surface area contributed by atoms with Crippen LogP contribution in [0.5, 0.6) is 0 Å². The number of nitrogens with one attached hydrogen (secondary N) is 1. The Kier molecular flexibility index (Phi) is 5.00. The maximum atomic E-state index is 12.3. The van der Waals surface area contributed by atoms with E-state index in [1.165, 1.54) is 16.2 Å². The van der Waals surface area contributed by atoms with Crippen molar-refractivity contribution in [3.05, 3.63) is 22.4 Å². The minimum Gasteiger partial charge on any atom is -0.352 e. The predicted molar refractivity (Wildman–Crippen MR) is 80.7 cm³/mol. The van der Waals surface area contributed by atoms with Gasteiger partial charge in [-0.05, 0) is 17.9 Å². The van der Waals surface area contributed by atoms with E-state index in [4.69, 9.17) is 0 Å². The van der Waals surface area contributed by atoms with Gasteiger partial charge in [0.15, 0.2) is 9.84 Å². The van der Waals surface area contributed by atoms with E-state index >= 15 is 0 Å². The van der Waals surface area contributed by atoms with E-state index in [2.05, 4.69) is 5.32 Å². The molecule has 2 amide bonds. The molecule has 1 unspecified atom stereocenters. The second-order valence-electron chi connectivity index (χ2n) is 4.89. The zero-order valence-corrected chi connectivity index (χ0v) is 13.4. The van der Waals surface area contributed by atoms with Crippen molar-refractivity contribution in [1.29, 1.82) is 0 Å². The van der Waals surface area contributed by atoms with Crippen LogP contribution in [0.2, 0.25) is 0 Å². The fourth-order valence-corrected chi connectivity index (χ4v) is 4.46. The number of rotatable bonds is 5. The molecular weight excluding hydrogens is 312 g/mol. The lowest BCUT2D eigenvalue weighted by atomic mass is 10.1. The molecule has 0 aliphatic carbocycles. The standard InChI is InChI=1S/C13H18N2O4S2/c1-2-8-21(18,19)9-11(16)15-6-5-14-13(17)12(15)10-4-3-7-20-10/h3-4,7,12H,2,5-6,8-9H2,1H3,(H,14,17). The summed E-state index contributed by atoms with van der Waals surface area (Å²) in [4.78, 5) is 26.5. The summed E-state index contributed by atoms with van der Waals surface area (Å²) in [5, 5.41) is 4.54. The quantitative estimate of drug-likeness (QED) is 0.856. The monoisotopic (exact) mass is 330 g/mol. The molecule has 0 bridgehead atoms. The van der Waals surface area contributed by atoms with E-state index in [-0.39, 0.29) is 11.7 Å². The molecule has 8 heteroatoms. The highest BCUT2D eigenvalue weighted by atomic mass is 32.2. The Balaban J connectivity index is 2.19. The van der Waals surface area contributed by atoms with Crippen molar-refractivity contribution < 1.29 is 18.0 Å². The van der Waals surface area contributed by atoms with Gasteiger partial charge in [0.05, 0.1) is 5.75 Å². The average Bonchev–Trinajstić information content (AvgIpc) is 2.91.